The number of hydrazone groups is 1. The van der Waals surface area contributed by atoms with E-state index in [4.69, 9.17) is 21.1 Å². The lowest BCUT2D eigenvalue weighted by Gasteiger charge is -2.24. The molecule has 0 aliphatic rings. The molecule has 0 heterocycles. The Morgan fingerprint density at radius 2 is 1.57 bits per heavy atom. The number of anilines is 1. The van der Waals surface area contributed by atoms with Crippen molar-refractivity contribution in [3.63, 3.8) is 0 Å². The zero-order valence-corrected chi connectivity index (χ0v) is 22.3. The molecule has 3 aromatic carbocycles. The zero-order chi connectivity index (χ0) is 26.7. The van der Waals surface area contributed by atoms with Crippen molar-refractivity contribution in [3.8, 4) is 11.5 Å². The number of hydrogen-bond donors (Lipinski definition) is 1. The van der Waals surface area contributed by atoms with Crippen LogP contribution < -0.4 is 19.2 Å². The number of rotatable bonds is 13. The van der Waals surface area contributed by atoms with Crippen LogP contribution in [0.4, 0.5) is 5.69 Å². The second-order valence-electron chi connectivity index (χ2n) is 7.96. The predicted molar refractivity (Wildman–Crippen MR) is 146 cm³/mol. The number of halogens is 1. The summed E-state index contributed by atoms with van der Waals surface area (Å²) in [6.45, 7) is 4.60. The number of nitrogens with one attached hydrogen (secondary N) is 1. The normalized spacial score (nSPS) is 11.3. The summed E-state index contributed by atoms with van der Waals surface area (Å²) >= 11 is 5.93. The fourth-order valence-electron chi connectivity index (χ4n) is 3.25. The van der Waals surface area contributed by atoms with Crippen LogP contribution in [0, 0.1) is 0 Å². The van der Waals surface area contributed by atoms with Gasteiger partial charge in [-0.25, -0.2) is 13.8 Å². The van der Waals surface area contributed by atoms with Crippen molar-refractivity contribution in [2.24, 2.45) is 5.10 Å². The first-order valence-corrected chi connectivity index (χ1v) is 13.7. The van der Waals surface area contributed by atoms with Crippen molar-refractivity contribution in [1.29, 1.82) is 0 Å². The highest BCUT2D eigenvalue weighted by molar-refractivity contribution is 7.92. The molecule has 37 heavy (non-hydrogen) atoms. The van der Waals surface area contributed by atoms with E-state index in [9.17, 15) is 13.2 Å². The molecular weight excluding hydrogens is 514 g/mol. The molecule has 0 aliphatic carbocycles. The van der Waals surface area contributed by atoms with Crippen LogP contribution in [-0.2, 0) is 14.8 Å². The summed E-state index contributed by atoms with van der Waals surface area (Å²) in [4.78, 5) is 12.7. The lowest BCUT2D eigenvalue weighted by molar-refractivity contribution is -0.119. The van der Waals surface area contributed by atoms with E-state index in [0.717, 1.165) is 28.5 Å². The average Bonchev–Trinajstić information content (AvgIpc) is 2.89. The second-order valence-corrected chi connectivity index (χ2v) is 10.3. The molecule has 0 radical (unpaired) electrons. The van der Waals surface area contributed by atoms with Gasteiger partial charge in [0.25, 0.3) is 15.9 Å². The van der Waals surface area contributed by atoms with Gasteiger partial charge in [-0.3, -0.25) is 9.10 Å². The summed E-state index contributed by atoms with van der Waals surface area (Å²) in [7, 11) is -4.08. The van der Waals surface area contributed by atoms with Crippen molar-refractivity contribution < 1.29 is 22.7 Å². The van der Waals surface area contributed by atoms with Crippen LogP contribution >= 0.6 is 11.6 Å². The van der Waals surface area contributed by atoms with Crippen LogP contribution in [0.25, 0.3) is 0 Å². The Morgan fingerprint density at radius 1 is 0.946 bits per heavy atom. The van der Waals surface area contributed by atoms with Gasteiger partial charge >= 0.3 is 0 Å². The number of sulfonamides is 1. The molecule has 0 fully saturated rings. The summed E-state index contributed by atoms with van der Waals surface area (Å²) in [6.07, 6.45) is 3.51. The minimum atomic E-state index is -4.08. The van der Waals surface area contributed by atoms with Gasteiger partial charge in [0, 0.05) is 5.02 Å². The molecule has 0 spiro atoms. The van der Waals surface area contributed by atoms with E-state index in [2.05, 4.69) is 17.5 Å². The van der Waals surface area contributed by atoms with Gasteiger partial charge in [0.2, 0.25) is 0 Å². The molecule has 0 saturated heterocycles. The third kappa shape index (κ3) is 8.23. The Kier molecular flexibility index (Phi) is 10.3. The maximum absolute atomic E-state index is 13.4. The molecule has 0 saturated carbocycles. The smallest absolute Gasteiger partial charge is 0.264 e. The topological polar surface area (TPSA) is 97.3 Å². The molecule has 1 N–H and O–H groups in total. The number of nitrogens with zero attached hydrogens (tertiary/aromatic N) is 2. The summed E-state index contributed by atoms with van der Waals surface area (Å²) in [5.41, 5.74) is 3.45. The molecule has 3 aromatic rings. The molecule has 196 valence electrons. The quantitative estimate of drug-likeness (QED) is 0.180. The molecule has 3 rings (SSSR count). The van der Waals surface area contributed by atoms with Gasteiger partial charge in [-0.1, -0.05) is 24.9 Å². The highest BCUT2D eigenvalue weighted by atomic mass is 35.5. The van der Waals surface area contributed by atoms with Gasteiger partial charge in [-0.05, 0) is 91.7 Å². The number of benzene rings is 3. The first-order chi connectivity index (χ1) is 17.8. The summed E-state index contributed by atoms with van der Waals surface area (Å²) in [5, 5.41) is 4.38. The minimum absolute atomic E-state index is 0.00308. The predicted octanol–water partition coefficient (Wildman–Crippen LogP) is 5.26. The molecule has 1 amide bonds. The van der Waals surface area contributed by atoms with Crippen LogP contribution in [0.5, 0.6) is 11.5 Å². The number of hydrogen-bond acceptors (Lipinski definition) is 6. The fraction of sp³-hybridized carbons (Fsp3) is 0.259. The summed E-state index contributed by atoms with van der Waals surface area (Å²) in [5.74, 6) is 0.737. The highest BCUT2D eigenvalue weighted by Gasteiger charge is 2.27. The van der Waals surface area contributed by atoms with E-state index in [0.29, 0.717) is 29.7 Å². The first kappa shape index (κ1) is 28.0. The van der Waals surface area contributed by atoms with Gasteiger partial charge in [0.15, 0.2) is 0 Å². The monoisotopic (exact) mass is 543 g/mol. The van der Waals surface area contributed by atoms with Crippen molar-refractivity contribution in [3.05, 3.63) is 83.4 Å². The van der Waals surface area contributed by atoms with E-state index in [1.807, 2.05) is 31.2 Å². The van der Waals surface area contributed by atoms with Crippen LogP contribution in [0.1, 0.15) is 32.3 Å². The number of amides is 1. The van der Waals surface area contributed by atoms with Crippen molar-refractivity contribution >= 4 is 39.4 Å². The summed E-state index contributed by atoms with van der Waals surface area (Å²) in [6, 6.07) is 19.5. The van der Waals surface area contributed by atoms with Crippen LogP contribution in [0.3, 0.4) is 0 Å². The second kappa shape index (κ2) is 13.7. The van der Waals surface area contributed by atoms with Crippen molar-refractivity contribution in [2.45, 2.75) is 31.6 Å². The average molecular weight is 544 g/mol. The highest BCUT2D eigenvalue weighted by Crippen LogP contribution is 2.26. The fourth-order valence-corrected chi connectivity index (χ4v) is 4.80. The molecule has 8 nitrogen and oxygen atoms in total. The molecular formula is C27H30ClN3O5S. The van der Waals surface area contributed by atoms with Gasteiger partial charge in [-0.2, -0.15) is 5.10 Å². The molecule has 0 atom stereocenters. The molecule has 0 aliphatic heterocycles. The Hall–Kier alpha value is -3.56. The van der Waals surface area contributed by atoms with Crippen LogP contribution in [-0.4, -0.2) is 40.3 Å². The molecule has 10 heteroatoms. The van der Waals surface area contributed by atoms with Crippen LogP contribution in [0.2, 0.25) is 5.02 Å². The first-order valence-electron chi connectivity index (χ1n) is 11.9. The Balaban J connectivity index is 1.73. The van der Waals surface area contributed by atoms with E-state index < -0.39 is 22.5 Å². The third-order valence-corrected chi connectivity index (χ3v) is 7.21. The van der Waals surface area contributed by atoms with Gasteiger partial charge in [-0.15, -0.1) is 0 Å². The third-order valence-electron chi connectivity index (χ3n) is 5.17. The number of unbranched alkanes of at least 4 members (excludes halogenated alkanes) is 1. The Morgan fingerprint density at radius 3 is 2.19 bits per heavy atom. The number of carbonyl (C=O) groups is 1. The molecule has 0 bridgehead atoms. The summed E-state index contributed by atoms with van der Waals surface area (Å²) < 4.78 is 39.0. The lowest BCUT2D eigenvalue weighted by Crippen LogP contribution is -2.39. The number of carbonyl (C=O) groups excluding carboxylic acids is 1. The van der Waals surface area contributed by atoms with Crippen LogP contribution in [0.15, 0.2) is 82.8 Å². The van der Waals surface area contributed by atoms with E-state index in [-0.39, 0.29) is 4.90 Å². The van der Waals surface area contributed by atoms with Gasteiger partial charge in [0.05, 0.1) is 30.0 Å². The SMILES string of the molecule is CCCCOc1ccc(/C=N\NC(=O)CN(c2ccc(OCC)cc2)S(=O)(=O)c2ccc(Cl)cc2)cc1. The van der Waals surface area contributed by atoms with Gasteiger partial charge < -0.3 is 9.47 Å². The lowest BCUT2D eigenvalue weighted by atomic mass is 10.2. The Labute approximate surface area is 222 Å². The largest absolute Gasteiger partial charge is 0.494 e. The number of ether oxygens (including phenoxy) is 2. The maximum atomic E-state index is 13.4. The molecule has 0 aromatic heterocycles. The van der Waals surface area contributed by atoms with E-state index in [1.54, 1.807) is 24.3 Å². The zero-order valence-electron chi connectivity index (χ0n) is 20.8. The maximum Gasteiger partial charge on any atom is 0.264 e. The van der Waals surface area contributed by atoms with Gasteiger partial charge in [0.1, 0.15) is 18.0 Å². The van der Waals surface area contributed by atoms with Crippen molar-refractivity contribution in [1.82, 2.24) is 5.43 Å². The minimum Gasteiger partial charge on any atom is -0.494 e. The Bertz CT molecular complexity index is 1280. The van der Waals surface area contributed by atoms with Crippen molar-refractivity contribution in [2.75, 3.05) is 24.1 Å². The standard InChI is InChI=1S/C27H30ClN3O5S/c1-3-5-18-36-25-12-6-21(7-13-25)19-29-30-27(32)20-31(23-10-14-24(15-11-23)35-4-2)37(33,34)26-16-8-22(28)9-17-26/h6-17,19H,3-5,18,20H2,1-2H3,(H,30,32)/b29-19-. The molecule has 0 unspecified atom stereocenters. The van der Waals surface area contributed by atoms with E-state index >= 15 is 0 Å². The van der Waals surface area contributed by atoms with E-state index in [1.165, 1.54) is 30.5 Å².